The summed E-state index contributed by atoms with van der Waals surface area (Å²) < 4.78 is 32.9. The van der Waals surface area contributed by atoms with E-state index >= 15 is 0 Å². The van der Waals surface area contributed by atoms with Gasteiger partial charge in [-0.3, -0.25) is 10.1 Å². The van der Waals surface area contributed by atoms with Gasteiger partial charge in [0.2, 0.25) is 10.0 Å². The fourth-order valence-electron chi connectivity index (χ4n) is 2.28. The van der Waals surface area contributed by atoms with E-state index in [4.69, 9.17) is 17.0 Å². The minimum absolute atomic E-state index is 0.0928. The summed E-state index contributed by atoms with van der Waals surface area (Å²) in [7, 11) is -2.04. The van der Waals surface area contributed by atoms with E-state index in [-0.39, 0.29) is 22.0 Å². The number of sulfonamides is 1. The molecule has 0 aromatic heterocycles. The predicted molar refractivity (Wildman–Crippen MR) is 121 cm³/mol. The summed E-state index contributed by atoms with van der Waals surface area (Å²) >= 11 is 8.49. The number of carbonyl (C=O) groups excluding carboxylic acids is 1. The highest BCUT2D eigenvalue weighted by molar-refractivity contribution is 9.10. The number of anilines is 1. The van der Waals surface area contributed by atoms with E-state index in [1.807, 2.05) is 6.92 Å². The Morgan fingerprint density at radius 3 is 2.41 bits per heavy atom. The maximum Gasteiger partial charge on any atom is 0.257 e. The molecule has 0 saturated carbocycles. The summed E-state index contributed by atoms with van der Waals surface area (Å²) in [5, 5.41) is 5.53. The van der Waals surface area contributed by atoms with Crippen molar-refractivity contribution in [2.24, 2.45) is 0 Å². The average molecular weight is 500 g/mol. The number of amides is 1. The fourth-order valence-corrected chi connectivity index (χ4v) is 4.36. The van der Waals surface area contributed by atoms with E-state index < -0.39 is 10.0 Å². The summed E-state index contributed by atoms with van der Waals surface area (Å²) in [4.78, 5) is 12.5. The molecule has 1 amide bonds. The molecular weight excluding hydrogens is 478 g/mol. The lowest BCUT2D eigenvalue weighted by Crippen LogP contribution is -2.34. The summed E-state index contributed by atoms with van der Waals surface area (Å²) in [6.07, 6.45) is 0.692. The van der Waals surface area contributed by atoms with Gasteiger partial charge in [-0.1, -0.05) is 6.92 Å². The Bertz CT molecular complexity index is 995. The third kappa shape index (κ3) is 6.49. The van der Waals surface area contributed by atoms with Crippen molar-refractivity contribution in [1.29, 1.82) is 0 Å². The minimum atomic E-state index is -3.58. The molecule has 0 radical (unpaired) electrons. The Morgan fingerprint density at radius 2 is 1.86 bits per heavy atom. The zero-order valence-corrected chi connectivity index (χ0v) is 19.4. The van der Waals surface area contributed by atoms with Gasteiger partial charge < -0.3 is 10.1 Å². The average Bonchev–Trinajstić information content (AvgIpc) is 2.67. The number of rotatable bonds is 7. The largest absolute Gasteiger partial charge is 0.496 e. The molecule has 156 valence electrons. The quantitative estimate of drug-likeness (QED) is 0.503. The number of hydrogen-bond acceptors (Lipinski definition) is 5. The Hall–Kier alpha value is -2.01. The minimum Gasteiger partial charge on any atom is -0.496 e. The van der Waals surface area contributed by atoms with Gasteiger partial charge in [-0.25, -0.2) is 13.1 Å². The molecule has 0 aliphatic rings. The van der Waals surface area contributed by atoms with Crippen molar-refractivity contribution < 1.29 is 17.9 Å². The molecule has 0 saturated heterocycles. The van der Waals surface area contributed by atoms with Crippen LogP contribution in [0.4, 0.5) is 5.69 Å². The van der Waals surface area contributed by atoms with Crippen LogP contribution in [0.3, 0.4) is 0 Å². The second-order valence-electron chi connectivity index (χ2n) is 6.21. The highest BCUT2D eigenvalue weighted by atomic mass is 79.9. The smallest absolute Gasteiger partial charge is 0.257 e. The number of hydrogen-bond donors (Lipinski definition) is 3. The number of benzene rings is 2. The van der Waals surface area contributed by atoms with Crippen LogP contribution in [0.15, 0.2) is 51.8 Å². The van der Waals surface area contributed by atoms with Crippen molar-refractivity contribution in [3.63, 3.8) is 0 Å². The zero-order valence-electron chi connectivity index (χ0n) is 16.2. The van der Waals surface area contributed by atoms with Crippen LogP contribution in [0.1, 0.15) is 30.6 Å². The fraction of sp³-hybridized carbons (Fsp3) is 0.263. The number of nitrogens with one attached hydrogen (secondary N) is 3. The molecule has 0 fully saturated rings. The van der Waals surface area contributed by atoms with E-state index in [0.29, 0.717) is 27.9 Å². The highest BCUT2D eigenvalue weighted by Crippen LogP contribution is 2.25. The van der Waals surface area contributed by atoms with Crippen LogP contribution in [0.2, 0.25) is 0 Å². The maximum atomic E-state index is 12.3. The molecule has 0 spiro atoms. The predicted octanol–water partition coefficient (Wildman–Crippen LogP) is 3.66. The van der Waals surface area contributed by atoms with Gasteiger partial charge >= 0.3 is 0 Å². The standard InChI is InChI=1S/C19H22BrN3O4S2/c1-4-12(2)23-29(25,26)15-8-6-14(7-9-15)21-19(28)22-18(24)13-5-10-17(27-3)16(20)11-13/h5-12,23H,4H2,1-3H3,(H2,21,22,24,28). The highest BCUT2D eigenvalue weighted by Gasteiger charge is 2.16. The first kappa shape index (κ1) is 23.3. The summed E-state index contributed by atoms with van der Waals surface area (Å²) in [6.45, 7) is 3.70. The molecule has 1 unspecified atom stereocenters. The maximum absolute atomic E-state index is 12.3. The van der Waals surface area contributed by atoms with Crippen molar-refractivity contribution in [3.8, 4) is 5.75 Å². The van der Waals surface area contributed by atoms with Gasteiger partial charge in [0.1, 0.15) is 5.75 Å². The van der Waals surface area contributed by atoms with Crippen LogP contribution >= 0.6 is 28.1 Å². The Balaban J connectivity index is 2.00. The molecule has 10 heteroatoms. The van der Waals surface area contributed by atoms with E-state index in [2.05, 4.69) is 31.3 Å². The number of thiocarbonyl (C=S) groups is 1. The summed E-state index contributed by atoms with van der Waals surface area (Å²) in [6, 6.07) is 10.9. The van der Waals surface area contributed by atoms with Crippen molar-refractivity contribution >= 4 is 54.9 Å². The Morgan fingerprint density at radius 1 is 1.21 bits per heavy atom. The van der Waals surface area contributed by atoms with Gasteiger partial charge in [-0.2, -0.15) is 0 Å². The third-order valence-corrected chi connectivity index (χ3v) is 6.46. The SMILES string of the molecule is CCC(C)NS(=O)(=O)c1ccc(NC(=S)NC(=O)c2ccc(OC)c(Br)c2)cc1. The van der Waals surface area contributed by atoms with Crippen molar-refractivity contribution in [2.45, 2.75) is 31.2 Å². The van der Waals surface area contributed by atoms with Crippen molar-refractivity contribution in [3.05, 3.63) is 52.5 Å². The van der Waals surface area contributed by atoms with Crippen molar-refractivity contribution in [1.82, 2.24) is 10.0 Å². The van der Waals surface area contributed by atoms with E-state index in [1.165, 1.54) is 19.2 Å². The number of halogens is 1. The first-order valence-corrected chi connectivity index (χ1v) is 11.4. The van der Waals surface area contributed by atoms with E-state index in [0.717, 1.165) is 0 Å². The van der Waals surface area contributed by atoms with Crippen LogP contribution in [-0.2, 0) is 10.0 Å². The van der Waals surface area contributed by atoms with Gasteiger partial charge in [-0.05, 0) is 84.0 Å². The molecule has 3 N–H and O–H groups in total. The van der Waals surface area contributed by atoms with Crippen LogP contribution in [0, 0.1) is 0 Å². The topological polar surface area (TPSA) is 96.5 Å². The lowest BCUT2D eigenvalue weighted by atomic mass is 10.2. The van der Waals surface area contributed by atoms with Crippen LogP contribution in [-0.4, -0.2) is 32.6 Å². The summed E-state index contributed by atoms with van der Waals surface area (Å²) in [5.74, 6) is 0.225. The molecule has 7 nitrogen and oxygen atoms in total. The lowest BCUT2D eigenvalue weighted by molar-refractivity contribution is 0.0977. The molecule has 0 aliphatic heterocycles. The van der Waals surface area contributed by atoms with Crippen LogP contribution in [0.25, 0.3) is 0 Å². The molecular formula is C19H22BrN3O4S2. The molecule has 0 bridgehead atoms. The van der Waals surface area contributed by atoms with Gasteiger partial charge in [0.25, 0.3) is 5.91 Å². The Labute approximate surface area is 184 Å². The number of ether oxygens (including phenoxy) is 1. The Kier molecular flexibility index (Phi) is 8.14. The second-order valence-corrected chi connectivity index (χ2v) is 9.19. The first-order chi connectivity index (χ1) is 13.7. The van der Waals surface area contributed by atoms with Gasteiger partial charge in [0.05, 0.1) is 16.5 Å². The first-order valence-electron chi connectivity index (χ1n) is 8.74. The second kappa shape index (κ2) is 10.1. The molecule has 0 heterocycles. The lowest BCUT2D eigenvalue weighted by Gasteiger charge is -2.13. The van der Waals surface area contributed by atoms with Gasteiger partial charge in [0.15, 0.2) is 5.11 Å². The number of methoxy groups -OCH3 is 1. The molecule has 29 heavy (non-hydrogen) atoms. The molecule has 2 rings (SSSR count). The zero-order chi connectivity index (χ0) is 21.6. The molecule has 2 aromatic carbocycles. The molecule has 1 atom stereocenters. The third-order valence-electron chi connectivity index (χ3n) is 4.03. The van der Waals surface area contributed by atoms with Gasteiger partial charge in [-0.15, -0.1) is 0 Å². The summed E-state index contributed by atoms with van der Waals surface area (Å²) in [5.41, 5.74) is 0.952. The van der Waals surface area contributed by atoms with Crippen molar-refractivity contribution in [2.75, 3.05) is 12.4 Å². The van der Waals surface area contributed by atoms with E-state index in [9.17, 15) is 13.2 Å². The number of carbonyl (C=O) groups is 1. The van der Waals surface area contributed by atoms with Crippen LogP contribution in [0.5, 0.6) is 5.75 Å². The monoisotopic (exact) mass is 499 g/mol. The van der Waals surface area contributed by atoms with E-state index in [1.54, 1.807) is 37.3 Å². The normalized spacial score (nSPS) is 12.1. The van der Waals surface area contributed by atoms with Crippen LogP contribution < -0.4 is 20.1 Å². The molecule has 0 aliphatic carbocycles. The molecule has 2 aromatic rings. The van der Waals surface area contributed by atoms with Gasteiger partial charge in [0, 0.05) is 17.3 Å².